The van der Waals surface area contributed by atoms with E-state index in [1.807, 2.05) is 29.7 Å². The van der Waals surface area contributed by atoms with E-state index in [0.29, 0.717) is 0 Å². The van der Waals surface area contributed by atoms with Crippen molar-refractivity contribution in [3.8, 4) is 11.6 Å². The van der Waals surface area contributed by atoms with E-state index in [9.17, 15) is 5.11 Å². The summed E-state index contributed by atoms with van der Waals surface area (Å²) in [7, 11) is 0. The number of benzene rings is 1. The molecule has 2 aromatic heterocycles. The number of aromatic hydroxyl groups is 1. The molecule has 0 radical (unpaired) electrons. The van der Waals surface area contributed by atoms with Gasteiger partial charge in [0.15, 0.2) is 0 Å². The average Bonchev–Trinajstić information content (AvgIpc) is 2.65. The Labute approximate surface area is 98.2 Å². The summed E-state index contributed by atoms with van der Waals surface area (Å²) in [6.45, 7) is 1.92. The molecule has 3 aromatic rings. The summed E-state index contributed by atoms with van der Waals surface area (Å²) < 4.78 is 1.93. The van der Waals surface area contributed by atoms with Crippen LogP contribution in [0.15, 0.2) is 42.6 Å². The van der Waals surface area contributed by atoms with E-state index in [4.69, 9.17) is 0 Å². The molecule has 4 nitrogen and oxygen atoms in total. The first kappa shape index (κ1) is 9.84. The third-order valence-corrected chi connectivity index (χ3v) is 2.68. The summed E-state index contributed by atoms with van der Waals surface area (Å²) in [4.78, 5) is 8.75. The van der Waals surface area contributed by atoms with Crippen LogP contribution in [0.3, 0.4) is 0 Å². The summed E-state index contributed by atoms with van der Waals surface area (Å²) in [6.07, 6.45) is 1.74. The molecular weight excluding hydrogens is 214 g/mol. The number of nitrogens with zero attached hydrogens (tertiary/aromatic N) is 3. The van der Waals surface area contributed by atoms with Crippen LogP contribution < -0.4 is 0 Å². The number of aryl methyl sites for hydroxylation is 1. The lowest BCUT2D eigenvalue weighted by Gasteiger charge is -2.05. The molecule has 0 aliphatic carbocycles. The van der Waals surface area contributed by atoms with Crippen molar-refractivity contribution in [2.24, 2.45) is 0 Å². The lowest BCUT2D eigenvalue weighted by molar-refractivity contribution is 0.476. The zero-order valence-electron chi connectivity index (χ0n) is 9.33. The number of pyridine rings is 1. The lowest BCUT2D eigenvalue weighted by atomic mass is 10.3. The number of imidazole rings is 1. The predicted octanol–water partition coefficient (Wildman–Crippen LogP) is 2.43. The molecule has 0 saturated carbocycles. The minimum absolute atomic E-state index is 0.231. The molecule has 2 heterocycles. The van der Waals surface area contributed by atoms with Crippen molar-refractivity contribution in [1.82, 2.24) is 14.5 Å². The quantitative estimate of drug-likeness (QED) is 0.692. The Kier molecular flexibility index (Phi) is 2.08. The van der Waals surface area contributed by atoms with Crippen LogP contribution in [0, 0.1) is 6.92 Å². The summed E-state index contributed by atoms with van der Waals surface area (Å²) in [5, 5.41) is 9.55. The molecule has 0 saturated heterocycles. The molecule has 0 fully saturated rings. The van der Waals surface area contributed by atoms with Crippen molar-refractivity contribution in [3.05, 3.63) is 48.4 Å². The second kappa shape index (κ2) is 3.59. The maximum Gasteiger partial charge on any atom is 0.138 e. The highest BCUT2D eigenvalue weighted by molar-refractivity contribution is 5.79. The van der Waals surface area contributed by atoms with Crippen LogP contribution in [0.2, 0.25) is 0 Å². The molecule has 0 aliphatic rings. The Morgan fingerprint density at radius 1 is 1.18 bits per heavy atom. The zero-order chi connectivity index (χ0) is 11.8. The largest absolute Gasteiger partial charge is 0.508 e. The van der Waals surface area contributed by atoms with E-state index in [-0.39, 0.29) is 5.75 Å². The molecule has 0 amide bonds. The highest BCUT2D eigenvalue weighted by atomic mass is 16.3. The molecule has 0 spiro atoms. The van der Waals surface area contributed by atoms with Crippen molar-refractivity contribution in [3.63, 3.8) is 0 Å². The summed E-state index contributed by atoms with van der Waals surface area (Å²) in [5.41, 5.74) is 1.71. The van der Waals surface area contributed by atoms with Gasteiger partial charge in [0.05, 0.1) is 11.0 Å². The van der Waals surface area contributed by atoms with Gasteiger partial charge in [-0.1, -0.05) is 6.07 Å². The highest BCUT2D eigenvalue weighted by Gasteiger charge is 2.09. The number of phenolic OH excluding ortho intramolecular Hbond substituents is 1. The van der Waals surface area contributed by atoms with Gasteiger partial charge in [-0.3, -0.25) is 4.57 Å². The lowest BCUT2D eigenvalue weighted by Crippen LogP contribution is -1.98. The Morgan fingerprint density at radius 3 is 2.82 bits per heavy atom. The molecule has 1 aromatic carbocycles. The summed E-state index contributed by atoms with van der Waals surface area (Å²) >= 11 is 0. The van der Waals surface area contributed by atoms with Crippen LogP contribution in [0.4, 0.5) is 0 Å². The number of phenols is 1. The first-order valence-electron chi connectivity index (χ1n) is 5.35. The van der Waals surface area contributed by atoms with Crippen LogP contribution in [0.1, 0.15) is 5.82 Å². The molecule has 0 unspecified atom stereocenters. The number of fused-ring (bicyclic) bond motifs is 1. The van der Waals surface area contributed by atoms with Crippen molar-refractivity contribution >= 4 is 11.0 Å². The van der Waals surface area contributed by atoms with E-state index in [0.717, 1.165) is 22.7 Å². The molecule has 1 N–H and O–H groups in total. The second-order valence-electron chi connectivity index (χ2n) is 3.86. The van der Waals surface area contributed by atoms with Gasteiger partial charge in [0, 0.05) is 12.3 Å². The Morgan fingerprint density at radius 2 is 2.06 bits per heavy atom. The van der Waals surface area contributed by atoms with Gasteiger partial charge >= 0.3 is 0 Å². The summed E-state index contributed by atoms with van der Waals surface area (Å²) in [5.74, 6) is 1.89. The molecule has 0 aliphatic heterocycles. The van der Waals surface area contributed by atoms with E-state index in [1.54, 1.807) is 24.4 Å². The van der Waals surface area contributed by atoms with Gasteiger partial charge in [0.25, 0.3) is 0 Å². The molecule has 4 heteroatoms. The topological polar surface area (TPSA) is 50.9 Å². The zero-order valence-corrected chi connectivity index (χ0v) is 9.33. The third-order valence-electron chi connectivity index (χ3n) is 2.68. The van der Waals surface area contributed by atoms with Gasteiger partial charge in [-0.05, 0) is 31.2 Å². The third kappa shape index (κ3) is 1.54. The van der Waals surface area contributed by atoms with Crippen molar-refractivity contribution < 1.29 is 5.11 Å². The van der Waals surface area contributed by atoms with Gasteiger partial charge in [-0.25, -0.2) is 9.97 Å². The van der Waals surface area contributed by atoms with Crippen LogP contribution in [0.5, 0.6) is 5.75 Å². The normalized spacial score (nSPS) is 10.9. The smallest absolute Gasteiger partial charge is 0.138 e. The van der Waals surface area contributed by atoms with E-state index in [2.05, 4.69) is 9.97 Å². The van der Waals surface area contributed by atoms with Gasteiger partial charge in [0.1, 0.15) is 17.4 Å². The fourth-order valence-corrected chi connectivity index (χ4v) is 1.96. The number of hydrogen-bond donors (Lipinski definition) is 1. The standard InChI is InChI=1S/C13H11N3O/c1-9-15-11-6-5-10(17)8-12(11)16(9)13-4-2-3-7-14-13/h2-8,17H,1H3. The molecule has 17 heavy (non-hydrogen) atoms. The molecular formula is C13H11N3O. The van der Waals surface area contributed by atoms with Gasteiger partial charge in [-0.2, -0.15) is 0 Å². The van der Waals surface area contributed by atoms with Crippen LogP contribution in [0.25, 0.3) is 16.9 Å². The number of aromatic nitrogens is 3. The highest BCUT2D eigenvalue weighted by Crippen LogP contribution is 2.23. The van der Waals surface area contributed by atoms with E-state index in [1.165, 1.54) is 0 Å². The van der Waals surface area contributed by atoms with Gasteiger partial charge in [-0.15, -0.1) is 0 Å². The van der Waals surface area contributed by atoms with Crippen molar-refractivity contribution in [1.29, 1.82) is 0 Å². The minimum Gasteiger partial charge on any atom is -0.508 e. The second-order valence-corrected chi connectivity index (χ2v) is 3.86. The first-order valence-corrected chi connectivity index (χ1v) is 5.35. The summed E-state index contributed by atoms with van der Waals surface area (Å²) in [6, 6.07) is 10.8. The van der Waals surface area contributed by atoms with Gasteiger partial charge < -0.3 is 5.11 Å². The van der Waals surface area contributed by atoms with Crippen LogP contribution in [-0.2, 0) is 0 Å². The van der Waals surface area contributed by atoms with E-state index < -0.39 is 0 Å². The SMILES string of the molecule is Cc1nc2ccc(O)cc2n1-c1ccccn1. The molecule has 84 valence electrons. The van der Waals surface area contributed by atoms with Gasteiger partial charge in [0.2, 0.25) is 0 Å². The molecule has 0 atom stereocenters. The minimum atomic E-state index is 0.231. The monoisotopic (exact) mass is 225 g/mol. The van der Waals surface area contributed by atoms with Crippen molar-refractivity contribution in [2.45, 2.75) is 6.92 Å². The van der Waals surface area contributed by atoms with Crippen molar-refractivity contribution in [2.75, 3.05) is 0 Å². The predicted molar refractivity (Wildman–Crippen MR) is 65.3 cm³/mol. The van der Waals surface area contributed by atoms with E-state index >= 15 is 0 Å². The first-order chi connectivity index (χ1) is 8.25. The maximum atomic E-state index is 9.55. The number of hydrogen-bond acceptors (Lipinski definition) is 3. The van der Waals surface area contributed by atoms with Crippen LogP contribution >= 0.6 is 0 Å². The number of rotatable bonds is 1. The fraction of sp³-hybridized carbons (Fsp3) is 0.0769. The Balaban J connectivity index is 2.35. The van der Waals surface area contributed by atoms with Crippen LogP contribution in [-0.4, -0.2) is 19.6 Å². The Bertz CT molecular complexity index is 674. The molecule has 3 rings (SSSR count). The Hall–Kier alpha value is -2.36. The fourth-order valence-electron chi connectivity index (χ4n) is 1.96. The molecule has 0 bridgehead atoms. The maximum absolute atomic E-state index is 9.55. The average molecular weight is 225 g/mol.